The molecule has 0 unspecified atom stereocenters. The lowest BCUT2D eigenvalue weighted by Crippen LogP contribution is -2.55. The van der Waals surface area contributed by atoms with Crippen molar-refractivity contribution >= 4 is 37.5 Å². The van der Waals surface area contributed by atoms with Crippen LogP contribution >= 0.6 is 0 Å². The molecular formula is C20H25N5O6S2. The average Bonchev–Trinajstić information content (AvgIpc) is 2.79. The molecule has 1 aromatic heterocycles. The number of carbonyl (C=O) groups excluding carboxylic acids is 2. The third-order valence-electron chi connectivity index (χ3n) is 5.01. The predicted octanol–water partition coefficient (Wildman–Crippen LogP) is 0.240. The summed E-state index contributed by atoms with van der Waals surface area (Å²) >= 11 is 0. The second kappa shape index (κ2) is 9.95. The van der Waals surface area contributed by atoms with Gasteiger partial charge in [-0.3, -0.25) is 14.6 Å². The summed E-state index contributed by atoms with van der Waals surface area (Å²) in [6, 6.07) is 7.49. The first-order chi connectivity index (χ1) is 15.5. The van der Waals surface area contributed by atoms with Gasteiger partial charge in [-0.25, -0.2) is 16.8 Å². The van der Waals surface area contributed by atoms with Crippen LogP contribution in [0.1, 0.15) is 13.8 Å². The molecule has 1 aliphatic rings. The number of nitrogens with zero attached hydrogens (tertiary/aromatic N) is 3. The Morgan fingerprint density at radius 1 is 0.970 bits per heavy atom. The quantitative estimate of drug-likeness (QED) is 0.559. The van der Waals surface area contributed by atoms with Gasteiger partial charge in [0.1, 0.15) is 4.90 Å². The van der Waals surface area contributed by atoms with Gasteiger partial charge in [-0.2, -0.15) is 9.03 Å². The van der Waals surface area contributed by atoms with E-state index >= 15 is 0 Å². The number of aromatic nitrogens is 1. The molecule has 11 nitrogen and oxygen atoms in total. The molecule has 2 amide bonds. The van der Waals surface area contributed by atoms with Crippen molar-refractivity contribution in [3.63, 3.8) is 0 Å². The van der Waals surface area contributed by atoms with Gasteiger partial charge in [0.15, 0.2) is 0 Å². The third kappa shape index (κ3) is 5.93. The van der Waals surface area contributed by atoms with Gasteiger partial charge in [0.2, 0.25) is 31.9 Å². The Balaban J connectivity index is 1.60. The summed E-state index contributed by atoms with van der Waals surface area (Å²) in [6.45, 7) is 3.23. The van der Waals surface area contributed by atoms with Crippen LogP contribution in [0, 0.1) is 0 Å². The minimum absolute atomic E-state index is 0.0522. The van der Waals surface area contributed by atoms with Crippen molar-refractivity contribution < 1.29 is 26.4 Å². The summed E-state index contributed by atoms with van der Waals surface area (Å²) in [7, 11) is -7.69. The van der Waals surface area contributed by atoms with E-state index in [1.165, 1.54) is 71.8 Å². The zero-order valence-corrected chi connectivity index (χ0v) is 19.8. The SMILES string of the molecule is CC(=O)Nc1ccc(S(=O)(=O)N[C@@H](C)C(=O)N2CCN(S(=O)(=O)c3cccnc3)CC2)cc1. The molecule has 1 saturated heterocycles. The number of hydrogen-bond acceptors (Lipinski definition) is 7. The molecule has 1 aliphatic heterocycles. The summed E-state index contributed by atoms with van der Waals surface area (Å²) in [6.07, 6.45) is 2.75. The number of hydrogen-bond donors (Lipinski definition) is 2. The Morgan fingerprint density at radius 3 is 2.15 bits per heavy atom. The second-order valence-electron chi connectivity index (χ2n) is 7.47. The monoisotopic (exact) mass is 495 g/mol. The molecule has 3 rings (SSSR count). The van der Waals surface area contributed by atoms with E-state index in [0.29, 0.717) is 5.69 Å². The lowest BCUT2D eigenvalue weighted by Gasteiger charge is -2.35. The van der Waals surface area contributed by atoms with Crippen LogP contribution in [-0.4, -0.2) is 75.1 Å². The standard InChI is InChI=1S/C20H25N5O6S2/c1-15(23-32(28,29)18-7-5-17(6-8-18)22-16(2)26)20(27)24-10-12-25(13-11-24)33(30,31)19-4-3-9-21-14-19/h3-9,14-15,23H,10-13H2,1-2H3,(H,22,26)/t15-/m0/s1. The van der Waals surface area contributed by atoms with E-state index < -0.39 is 32.0 Å². The number of carbonyl (C=O) groups is 2. The van der Waals surface area contributed by atoms with Crippen LogP contribution in [0.25, 0.3) is 0 Å². The molecule has 0 saturated carbocycles. The second-order valence-corrected chi connectivity index (χ2v) is 11.1. The molecule has 178 valence electrons. The van der Waals surface area contributed by atoms with Gasteiger partial charge in [0.05, 0.1) is 10.9 Å². The summed E-state index contributed by atoms with van der Waals surface area (Å²) in [5.74, 6) is -0.733. The molecule has 0 spiro atoms. The van der Waals surface area contributed by atoms with Gasteiger partial charge in [0, 0.05) is 51.2 Å². The van der Waals surface area contributed by atoms with Gasteiger partial charge in [0.25, 0.3) is 0 Å². The van der Waals surface area contributed by atoms with Gasteiger partial charge in [-0.1, -0.05) is 0 Å². The molecule has 13 heteroatoms. The van der Waals surface area contributed by atoms with Crippen molar-refractivity contribution in [1.82, 2.24) is 18.9 Å². The van der Waals surface area contributed by atoms with Crippen molar-refractivity contribution in [1.29, 1.82) is 0 Å². The Labute approximate surface area is 192 Å². The lowest BCUT2D eigenvalue weighted by molar-refractivity contribution is -0.133. The average molecular weight is 496 g/mol. The van der Waals surface area contributed by atoms with E-state index in [2.05, 4.69) is 15.0 Å². The van der Waals surface area contributed by atoms with Crippen LogP contribution in [0.15, 0.2) is 58.6 Å². The van der Waals surface area contributed by atoms with Crippen molar-refractivity contribution in [2.24, 2.45) is 0 Å². The van der Waals surface area contributed by atoms with E-state index in [1.807, 2.05) is 0 Å². The van der Waals surface area contributed by atoms with Gasteiger partial charge in [-0.05, 0) is 43.3 Å². The normalized spacial score (nSPS) is 16.2. The maximum absolute atomic E-state index is 12.8. The van der Waals surface area contributed by atoms with Gasteiger partial charge >= 0.3 is 0 Å². The lowest BCUT2D eigenvalue weighted by atomic mass is 10.2. The zero-order valence-electron chi connectivity index (χ0n) is 18.1. The fraction of sp³-hybridized carbons (Fsp3) is 0.350. The zero-order chi connectivity index (χ0) is 24.2. The summed E-state index contributed by atoms with van der Waals surface area (Å²) in [5, 5.41) is 2.54. The highest BCUT2D eigenvalue weighted by atomic mass is 32.2. The first-order valence-electron chi connectivity index (χ1n) is 10.1. The highest BCUT2D eigenvalue weighted by molar-refractivity contribution is 7.89. The molecule has 0 aliphatic carbocycles. The fourth-order valence-corrected chi connectivity index (χ4v) is 5.93. The molecule has 2 heterocycles. The Hall–Kier alpha value is -2.87. The predicted molar refractivity (Wildman–Crippen MR) is 120 cm³/mol. The van der Waals surface area contributed by atoms with Crippen LogP contribution in [0.5, 0.6) is 0 Å². The van der Waals surface area contributed by atoms with Crippen molar-refractivity contribution in [2.75, 3.05) is 31.5 Å². The Kier molecular flexibility index (Phi) is 7.47. The van der Waals surface area contributed by atoms with Crippen LogP contribution in [0.4, 0.5) is 5.69 Å². The van der Waals surface area contributed by atoms with Gasteiger partial charge < -0.3 is 10.2 Å². The minimum atomic E-state index is -3.98. The number of benzene rings is 1. The van der Waals surface area contributed by atoms with Crippen molar-refractivity contribution in [3.05, 3.63) is 48.8 Å². The molecule has 2 aromatic rings. The number of rotatable bonds is 7. The first-order valence-corrected chi connectivity index (χ1v) is 13.0. The van der Waals surface area contributed by atoms with Crippen molar-refractivity contribution in [3.8, 4) is 0 Å². The van der Waals surface area contributed by atoms with E-state index in [-0.39, 0.29) is 41.9 Å². The summed E-state index contributed by atoms with van der Waals surface area (Å²) in [4.78, 5) is 29.2. The Bertz CT molecular complexity index is 1210. The van der Waals surface area contributed by atoms with Gasteiger partial charge in [-0.15, -0.1) is 0 Å². The molecule has 2 N–H and O–H groups in total. The number of amides is 2. The molecule has 33 heavy (non-hydrogen) atoms. The molecule has 1 aromatic carbocycles. The van der Waals surface area contributed by atoms with E-state index in [9.17, 15) is 26.4 Å². The number of pyridine rings is 1. The maximum atomic E-state index is 12.8. The Morgan fingerprint density at radius 2 is 1.61 bits per heavy atom. The topological polar surface area (TPSA) is 146 Å². The van der Waals surface area contributed by atoms with E-state index in [4.69, 9.17) is 0 Å². The maximum Gasteiger partial charge on any atom is 0.244 e. The molecule has 1 atom stereocenters. The highest BCUT2D eigenvalue weighted by Crippen LogP contribution is 2.18. The van der Waals surface area contributed by atoms with Crippen LogP contribution in [0.2, 0.25) is 0 Å². The first kappa shape index (κ1) is 24.8. The smallest absolute Gasteiger partial charge is 0.244 e. The summed E-state index contributed by atoms with van der Waals surface area (Å²) < 4.78 is 54.3. The number of anilines is 1. The minimum Gasteiger partial charge on any atom is -0.339 e. The summed E-state index contributed by atoms with van der Waals surface area (Å²) in [5.41, 5.74) is 0.449. The molecule has 1 fully saturated rings. The number of nitrogens with one attached hydrogen (secondary N) is 2. The largest absolute Gasteiger partial charge is 0.339 e. The molecule has 0 bridgehead atoms. The molecular weight excluding hydrogens is 470 g/mol. The molecule has 0 radical (unpaired) electrons. The number of sulfonamides is 2. The van der Waals surface area contributed by atoms with Crippen LogP contribution < -0.4 is 10.0 Å². The fourth-order valence-electron chi connectivity index (χ4n) is 3.34. The van der Waals surface area contributed by atoms with Crippen LogP contribution in [-0.2, 0) is 29.6 Å². The van der Waals surface area contributed by atoms with E-state index in [1.54, 1.807) is 0 Å². The highest BCUT2D eigenvalue weighted by Gasteiger charge is 2.32. The number of piperazine rings is 1. The van der Waals surface area contributed by atoms with Crippen LogP contribution in [0.3, 0.4) is 0 Å². The van der Waals surface area contributed by atoms with Crippen molar-refractivity contribution in [2.45, 2.75) is 29.7 Å². The third-order valence-corrected chi connectivity index (χ3v) is 8.45. The van der Waals surface area contributed by atoms with E-state index in [0.717, 1.165) is 0 Å².